The zero-order valence-electron chi connectivity index (χ0n) is 16.2. The predicted octanol–water partition coefficient (Wildman–Crippen LogP) is 4.68. The summed E-state index contributed by atoms with van der Waals surface area (Å²) in [6, 6.07) is 13.6. The van der Waals surface area contributed by atoms with Crippen molar-refractivity contribution in [1.82, 2.24) is 9.88 Å². The highest BCUT2D eigenvalue weighted by molar-refractivity contribution is 6.31. The molecule has 1 aliphatic carbocycles. The van der Waals surface area contributed by atoms with Gasteiger partial charge in [-0.2, -0.15) is 0 Å². The van der Waals surface area contributed by atoms with Crippen LogP contribution < -0.4 is 5.32 Å². The Kier molecular flexibility index (Phi) is 5.07. The van der Waals surface area contributed by atoms with Crippen molar-refractivity contribution < 1.29 is 9.90 Å². The number of fused-ring (bicyclic) bond motifs is 3. The largest absolute Gasteiger partial charge is 0.508 e. The molecule has 0 fully saturated rings. The Bertz CT molecular complexity index is 1040. The molecular formula is C23H25ClN2O2. The van der Waals surface area contributed by atoms with Crippen LogP contribution in [0.25, 0.3) is 10.9 Å². The number of amides is 1. The van der Waals surface area contributed by atoms with E-state index >= 15 is 0 Å². The van der Waals surface area contributed by atoms with Gasteiger partial charge in [-0.3, -0.25) is 4.79 Å². The van der Waals surface area contributed by atoms with Crippen LogP contribution in [0.2, 0.25) is 5.02 Å². The van der Waals surface area contributed by atoms with E-state index in [0.717, 1.165) is 40.8 Å². The van der Waals surface area contributed by atoms with Gasteiger partial charge in [0.25, 0.3) is 0 Å². The van der Waals surface area contributed by atoms with Crippen LogP contribution >= 0.6 is 11.6 Å². The van der Waals surface area contributed by atoms with E-state index in [1.54, 1.807) is 6.07 Å². The number of aromatic nitrogens is 1. The van der Waals surface area contributed by atoms with E-state index in [-0.39, 0.29) is 23.6 Å². The van der Waals surface area contributed by atoms with Crippen LogP contribution in [-0.2, 0) is 24.2 Å². The predicted molar refractivity (Wildman–Crippen MR) is 113 cm³/mol. The summed E-state index contributed by atoms with van der Waals surface area (Å²) in [6.45, 7) is 4.54. The number of aromatic hydroxyl groups is 1. The topological polar surface area (TPSA) is 54.3 Å². The summed E-state index contributed by atoms with van der Waals surface area (Å²) in [6.07, 6.45) is 2.65. The molecule has 2 aromatic carbocycles. The maximum absolute atomic E-state index is 12.2. The van der Waals surface area contributed by atoms with Crippen molar-refractivity contribution in [3.8, 4) is 5.75 Å². The molecule has 0 radical (unpaired) electrons. The summed E-state index contributed by atoms with van der Waals surface area (Å²) in [5.41, 5.74) is 4.78. The Labute approximate surface area is 170 Å². The quantitative estimate of drug-likeness (QED) is 0.672. The van der Waals surface area contributed by atoms with Gasteiger partial charge in [0.05, 0.1) is 0 Å². The molecule has 0 bridgehead atoms. The number of rotatable bonds is 4. The van der Waals surface area contributed by atoms with E-state index in [2.05, 4.69) is 16.0 Å². The summed E-state index contributed by atoms with van der Waals surface area (Å²) in [4.78, 5) is 12.2. The molecule has 4 rings (SSSR count). The van der Waals surface area contributed by atoms with Gasteiger partial charge in [0.15, 0.2) is 0 Å². The third-order valence-corrected chi connectivity index (χ3v) is 5.79. The van der Waals surface area contributed by atoms with Crippen LogP contribution in [0.15, 0.2) is 42.5 Å². The van der Waals surface area contributed by atoms with Gasteiger partial charge in [-0.05, 0) is 60.7 Å². The van der Waals surface area contributed by atoms with Crippen LogP contribution in [0.5, 0.6) is 5.75 Å². The molecule has 1 amide bonds. The lowest BCUT2D eigenvalue weighted by molar-refractivity contribution is -0.124. The Morgan fingerprint density at radius 2 is 2.11 bits per heavy atom. The van der Waals surface area contributed by atoms with Gasteiger partial charge in [0.1, 0.15) is 5.75 Å². The second kappa shape index (κ2) is 7.51. The first-order valence-electron chi connectivity index (χ1n) is 9.80. The van der Waals surface area contributed by atoms with Gasteiger partial charge < -0.3 is 15.0 Å². The molecule has 1 aliphatic rings. The van der Waals surface area contributed by atoms with Gasteiger partial charge >= 0.3 is 0 Å². The van der Waals surface area contributed by atoms with Crippen molar-refractivity contribution in [3.05, 3.63) is 64.3 Å². The fourth-order valence-corrected chi connectivity index (χ4v) is 4.30. The van der Waals surface area contributed by atoms with E-state index in [9.17, 15) is 9.90 Å². The molecule has 5 heteroatoms. The Hall–Kier alpha value is -2.46. The van der Waals surface area contributed by atoms with Crippen LogP contribution in [0.3, 0.4) is 0 Å². The summed E-state index contributed by atoms with van der Waals surface area (Å²) in [7, 11) is 0. The molecule has 4 nitrogen and oxygen atoms in total. The van der Waals surface area contributed by atoms with Crippen molar-refractivity contribution >= 4 is 28.4 Å². The second-order valence-electron chi connectivity index (χ2n) is 7.95. The lowest BCUT2D eigenvalue weighted by Gasteiger charge is -2.26. The molecule has 1 heterocycles. The molecule has 1 atom stereocenters. The highest BCUT2D eigenvalue weighted by atomic mass is 35.5. The molecule has 0 saturated carbocycles. The summed E-state index contributed by atoms with van der Waals surface area (Å²) in [5.74, 6) is 0.375. The zero-order chi connectivity index (χ0) is 19.8. The number of phenolic OH excluding ortho intramolecular Hbond substituents is 1. The molecule has 146 valence electrons. The minimum absolute atomic E-state index is 0.0112. The highest BCUT2D eigenvalue weighted by Gasteiger charge is 2.27. The van der Waals surface area contributed by atoms with Crippen molar-refractivity contribution in [1.29, 1.82) is 0 Å². The van der Waals surface area contributed by atoms with Gasteiger partial charge in [-0.1, -0.05) is 37.6 Å². The molecule has 0 saturated heterocycles. The standard InChI is InChI=1S/C23H25ClN2O2/c1-14(2)23(28)25-17-7-9-22-20(12-17)19-11-16(24)6-8-21(19)26(22)13-15-4-3-5-18(27)10-15/h3-6,8,10-11,14,17,27H,7,9,12-13H2,1-2H3,(H,25,28). The third-order valence-electron chi connectivity index (χ3n) is 5.55. The first-order valence-corrected chi connectivity index (χ1v) is 10.2. The second-order valence-corrected chi connectivity index (χ2v) is 8.38. The smallest absolute Gasteiger partial charge is 0.222 e. The maximum atomic E-state index is 12.2. The monoisotopic (exact) mass is 396 g/mol. The van der Waals surface area contributed by atoms with E-state index < -0.39 is 0 Å². The van der Waals surface area contributed by atoms with Crippen molar-refractivity contribution in [2.75, 3.05) is 0 Å². The number of carbonyl (C=O) groups is 1. The molecule has 2 N–H and O–H groups in total. The number of hydrogen-bond acceptors (Lipinski definition) is 2. The molecular weight excluding hydrogens is 372 g/mol. The molecule has 1 aromatic heterocycles. The van der Waals surface area contributed by atoms with Gasteiger partial charge in [-0.25, -0.2) is 0 Å². The average Bonchev–Trinajstić information content (AvgIpc) is 2.94. The number of carbonyl (C=O) groups excluding carboxylic acids is 1. The van der Waals surface area contributed by atoms with E-state index in [1.807, 2.05) is 44.2 Å². The first-order chi connectivity index (χ1) is 13.4. The van der Waals surface area contributed by atoms with E-state index in [1.165, 1.54) is 11.3 Å². The van der Waals surface area contributed by atoms with Gasteiger partial charge in [-0.15, -0.1) is 0 Å². The summed E-state index contributed by atoms with van der Waals surface area (Å²) < 4.78 is 2.33. The zero-order valence-corrected chi connectivity index (χ0v) is 17.0. The first kappa shape index (κ1) is 18.9. The SMILES string of the molecule is CC(C)C(=O)NC1CCc2c(c3cc(Cl)ccc3n2Cc2cccc(O)c2)C1. The number of hydrogen-bond donors (Lipinski definition) is 2. The van der Waals surface area contributed by atoms with Gasteiger partial charge in [0, 0.05) is 40.1 Å². The number of halogens is 1. The molecule has 1 unspecified atom stereocenters. The van der Waals surface area contributed by atoms with E-state index in [0.29, 0.717) is 6.54 Å². The van der Waals surface area contributed by atoms with Crippen molar-refractivity contribution in [2.24, 2.45) is 5.92 Å². The molecule has 0 spiro atoms. The van der Waals surface area contributed by atoms with Gasteiger partial charge in [0.2, 0.25) is 5.91 Å². The van der Waals surface area contributed by atoms with Crippen molar-refractivity contribution in [2.45, 2.75) is 45.7 Å². The Morgan fingerprint density at radius 1 is 1.29 bits per heavy atom. The van der Waals surface area contributed by atoms with Crippen LogP contribution in [0, 0.1) is 5.92 Å². The number of nitrogens with zero attached hydrogens (tertiary/aromatic N) is 1. The fourth-order valence-electron chi connectivity index (χ4n) is 4.13. The third kappa shape index (κ3) is 3.61. The molecule has 28 heavy (non-hydrogen) atoms. The van der Waals surface area contributed by atoms with Crippen LogP contribution in [0.4, 0.5) is 0 Å². The normalized spacial score (nSPS) is 16.4. The fraction of sp³-hybridized carbons (Fsp3) is 0.348. The number of benzene rings is 2. The summed E-state index contributed by atoms with van der Waals surface area (Å²) >= 11 is 6.30. The lowest BCUT2D eigenvalue weighted by atomic mass is 9.91. The number of phenols is 1. The Balaban J connectivity index is 1.73. The highest BCUT2D eigenvalue weighted by Crippen LogP contribution is 2.34. The number of nitrogens with one attached hydrogen (secondary N) is 1. The molecule has 0 aliphatic heterocycles. The molecule has 3 aromatic rings. The van der Waals surface area contributed by atoms with Crippen LogP contribution in [0.1, 0.15) is 37.1 Å². The minimum Gasteiger partial charge on any atom is -0.508 e. The maximum Gasteiger partial charge on any atom is 0.222 e. The minimum atomic E-state index is -0.0112. The summed E-state index contributed by atoms with van der Waals surface area (Å²) in [5, 5.41) is 14.9. The lowest BCUT2D eigenvalue weighted by Crippen LogP contribution is -2.41. The average molecular weight is 397 g/mol. The van der Waals surface area contributed by atoms with Crippen molar-refractivity contribution in [3.63, 3.8) is 0 Å². The van der Waals surface area contributed by atoms with Crippen LogP contribution in [-0.4, -0.2) is 21.6 Å². The Morgan fingerprint density at radius 3 is 2.86 bits per heavy atom. The van der Waals surface area contributed by atoms with E-state index in [4.69, 9.17) is 11.6 Å².